The number of nitro benzene ring substituents is 1. The highest BCUT2D eigenvalue weighted by atomic mass is 127. The molecule has 0 heterocycles. The van der Waals surface area contributed by atoms with E-state index in [1.165, 1.54) is 36.4 Å². The quantitative estimate of drug-likeness (QED) is 0.493. The van der Waals surface area contributed by atoms with Gasteiger partial charge in [0.1, 0.15) is 11.5 Å². The molecule has 6 nitrogen and oxygen atoms in total. The van der Waals surface area contributed by atoms with Gasteiger partial charge in [0.25, 0.3) is 5.69 Å². The number of aromatic carboxylic acids is 1. The topological polar surface area (TPSA) is 89.7 Å². The van der Waals surface area contributed by atoms with Gasteiger partial charge in [-0.25, -0.2) is 4.79 Å². The third-order valence-corrected chi connectivity index (χ3v) is 3.34. The van der Waals surface area contributed by atoms with Crippen molar-refractivity contribution in [3.63, 3.8) is 0 Å². The molecular formula is C13H8INO5. The molecular weight excluding hydrogens is 377 g/mol. The summed E-state index contributed by atoms with van der Waals surface area (Å²) < 4.78 is 6.28. The lowest BCUT2D eigenvalue weighted by atomic mass is 10.2. The molecule has 0 saturated heterocycles. The fraction of sp³-hybridized carbons (Fsp3) is 0. The maximum atomic E-state index is 10.9. The summed E-state index contributed by atoms with van der Waals surface area (Å²) in [4.78, 5) is 20.9. The number of halogens is 1. The molecule has 2 aromatic rings. The zero-order valence-corrected chi connectivity index (χ0v) is 12.1. The standard InChI is InChI=1S/C13H8INO5/c14-11-6-1-8(13(16)17)7-12(11)20-10-4-2-9(3-5-10)15(18)19/h1-7H,(H,16,17). The number of carboxylic acid groups (broad SMARTS) is 1. The van der Waals surface area contributed by atoms with Gasteiger partial charge in [-0.15, -0.1) is 0 Å². The summed E-state index contributed by atoms with van der Waals surface area (Å²) in [6.07, 6.45) is 0. The Balaban J connectivity index is 2.27. The van der Waals surface area contributed by atoms with Crippen molar-refractivity contribution < 1.29 is 19.6 Å². The molecule has 0 aromatic heterocycles. The maximum Gasteiger partial charge on any atom is 0.335 e. The molecule has 102 valence electrons. The minimum atomic E-state index is -1.05. The van der Waals surface area contributed by atoms with Crippen molar-refractivity contribution >= 4 is 34.2 Å². The Bertz CT molecular complexity index is 669. The first-order valence-electron chi connectivity index (χ1n) is 5.42. The van der Waals surface area contributed by atoms with E-state index in [0.29, 0.717) is 11.5 Å². The largest absolute Gasteiger partial charge is 0.478 e. The Morgan fingerprint density at radius 2 is 1.85 bits per heavy atom. The molecule has 0 spiro atoms. The van der Waals surface area contributed by atoms with Crippen molar-refractivity contribution in [2.45, 2.75) is 0 Å². The van der Waals surface area contributed by atoms with Crippen molar-refractivity contribution in [2.75, 3.05) is 0 Å². The second kappa shape index (κ2) is 5.87. The number of hydrogen-bond acceptors (Lipinski definition) is 4. The normalized spacial score (nSPS) is 10.1. The first kappa shape index (κ1) is 14.3. The average molecular weight is 385 g/mol. The van der Waals surface area contributed by atoms with E-state index in [4.69, 9.17) is 9.84 Å². The van der Waals surface area contributed by atoms with Gasteiger partial charge in [-0.1, -0.05) is 0 Å². The van der Waals surface area contributed by atoms with Crippen LogP contribution in [0.4, 0.5) is 5.69 Å². The molecule has 0 bridgehead atoms. The van der Waals surface area contributed by atoms with Gasteiger partial charge >= 0.3 is 5.97 Å². The zero-order chi connectivity index (χ0) is 14.7. The summed E-state index contributed by atoms with van der Waals surface area (Å²) >= 11 is 2.02. The van der Waals surface area contributed by atoms with E-state index in [0.717, 1.165) is 3.57 Å². The molecule has 7 heteroatoms. The highest BCUT2D eigenvalue weighted by Gasteiger charge is 2.10. The fourth-order valence-corrected chi connectivity index (χ4v) is 1.92. The minimum absolute atomic E-state index is 0.0358. The van der Waals surface area contributed by atoms with E-state index in [-0.39, 0.29) is 11.3 Å². The van der Waals surface area contributed by atoms with Crippen LogP contribution in [-0.4, -0.2) is 16.0 Å². The molecule has 0 saturated carbocycles. The number of carboxylic acids is 1. The Kier molecular flexibility index (Phi) is 4.18. The third kappa shape index (κ3) is 3.23. The second-order valence-corrected chi connectivity index (χ2v) is 4.97. The Hall–Kier alpha value is -2.16. The summed E-state index contributed by atoms with van der Waals surface area (Å²) in [5.41, 5.74) is 0.0775. The van der Waals surface area contributed by atoms with Crippen LogP contribution in [0, 0.1) is 13.7 Å². The zero-order valence-electron chi connectivity index (χ0n) is 9.95. The van der Waals surface area contributed by atoms with Gasteiger partial charge in [-0.2, -0.15) is 0 Å². The Labute approximate surface area is 127 Å². The van der Waals surface area contributed by atoms with Crippen molar-refractivity contribution in [1.82, 2.24) is 0 Å². The predicted molar refractivity (Wildman–Crippen MR) is 79.3 cm³/mol. The number of ether oxygens (including phenoxy) is 1. The number of rotatable bonds is 4. The summed E-state index contributed by atoms with van der Waals surface area (Å²) in [6, 6.07) is 10.1. The molecule has 1 N–H and O–H groups in total. The van der Waals surface area contributed by atoms with Crippen LogP contribution < -0.4 is 4.74 Å². The van der Waals surface area contributed by atoms with Gasteiger partial charge in [0.15, 0.2) is 0 Å². The number of nitrogens with zero attached hydrogens (tertiary/aromatic N) is 1. The first-order chi connectivity index (χ1) is 9.47. The van der Waals surface area contributed by atoms with Gasteiger partial charge in [0, 0.05) is 12.1 Å². The lowest BCUT2D eigenvalue weighted by Gasteiger charge is -2.08. The highest BCUT2D eigenvalue weighted by Crippen LogP contribution is 2.28. The first-order valence-corrected chi connectivity index (χ1v) is 6.50. The average Bonchev–Trinajstić information content (AvgIpc) is 2.41. The van der Waals surface area contributed by atoms with Gasteiger partial charge in [-0.05, 0) is 52.9 Å². The molecule has 20 heavy (non-hydrogen) atoms. The van der Waals surface area contributed by atoms with Crippen LogP contribution in [0.1, 0.15) is 10.4 Å². The molecule has 0 aliphatic heterocycles. The van der Waals surface area contributed by atoms with Crippen molar-refractivity contribution in [1.29, 1.82) is 0 Å². The number of nitro groups is 1. The number of hydrogen-bond donors (Lipinski definition) is 1. The van der Waals surface area contributed by atoms with Crippen LogP contribution in [0.5, 0.6) is 11.5 Å². The molecule has 0 unspecified atom stereocenters. The van der Waals surface area contributed by atoms with Crippen LogP contribution in [0.15, 0.2) is 42.5 Å². The highest BCUT2D eigenvalue weighted by molar-refractivity contribution is 14.1. The maximum absolute atomic E-state index is 10.9. The Morgan fingerprint density at radius 1 is 1.20 bits per heavy atom. The van der Waals surface area contributed by atoms with E-state index in [1.54, 1.807) is 6.07 Å². The number of benzene rings is 2. The predicted octanol–water partition coefficient (Wildman–Crippen LogP) is 3.69. The lowest BCUT2D eigenvalue weighted by molar-refractivity contribution is -0.384. The minimum Gasteiger partial charge on any atom is -0.478 e. The van der Waals surface area contributed by atoms with Crippen molar-refractivity contribution in [2.24, 2.45) is 0 Å². The van der Waals surface area contributed by atoms with E-state index in [1.807, 2.05) is 22.6 Å². The van der Waals surface area contributed by atoms with Crippen LogP contribution in [0.2, 0.25) is 0 Å². The van der Waals surface area contributed by atoms with E-state index in [9.17, 15) is 14.9 Å². The summed E-state index contributed by atoms with van der Waals surface area (Å²) in [5.74, 6) is -0.259. The van der Waals surface area contributed by atoms with Crippen molar-refractivity contribution in [3.8, 4) is 11.5 Å². The van der Waals surface area contributed by atoms with E-state index < -0.39 is 10.9 Å². The van der Waals surface area contributed by atoms with E-state index >= 15 is 0 Å². The summed E-state index contributed by atoms with van der Waals surface area (Å²) in [7, 11) is 0. The molecule has 0 amide bonds. The molecule has 2 aromatic carbocycles. The molecule has 0 atom stereocenters. The second-order valence-electron chi connectivity index (χ2n) is 3.80. The smallest absolute Gasteiger partial charge is 0.335 e. The number of carbonyl (C=O) groups is 1. The van der Waals surface area contributed by atoms with Gasteiger partial charge < -0.3 is 9.84 Å². The Morgan fingerprint density at radius 3 is 2.40 bits per heavy atom. The van der Waals surface area contributed by atoms with Crippen LogP contribution in [-0.2, 0) is 0 Å². The van der Waals surface area contributed by atoms with Crippen molar-refractivity contribution in [3.05, 3.63) is 61.7 Å². The molecule has 2 rings (SSSR count). The molecule has 0 fully saturated rings. The van der Waals surface area contributed by atoms with Gasteiger partial charge in [0.05, 0.1) is 14.1 Å². The fourth-order valence-electron chi connectivity index (χ4n) is 1.48. The van der Waals surface area contributed by atoms with Gasteiger partial charge in [-0.3, -0.25) is 10.1 Å². The third-order valence-electron chi connectivity index (χ3n) is 2.45. The van der Waals surface area contributed by atoms with Gasteiger partial charge in [0.2, 0.25) is 0 Å². The molecule has 0 aliphatic rings. The van der Waals surface area contributed by atoms with Crippen LogP contribution in [0.3, 0.4) is 0 Å². The molecule has 0 radical (unpaired) electrons. The van der Waals surface area contributed by atoms with Crippen LogP contribution >= 0.6 is 22.6 Å². The lowest BCUT2D eigenvalue weighted by Crippen LogP contribution is -1.97. The number of non-ortho nitro benzene ring substituents is 1. The molecule has 0 aliphatic carbocycles. The van der Waals surface area contributed by atoms with E-state index in [2.05, 4.69) is 0 Å². The van der Waals surface area contributed by atoms with Crippen LogP contribution in [0.25, 0.3) is 0 Å². The monoisotopic (exact) mass is 385 g/mol. The SMILES string of the molecule is O=C(O)c1ccc(I)c(Oc2ccc([N+](=O)[O-])cc2)c1. The summed E-state index contributed by atoms with van der Waals surface area (Å²) in [5, 5.41) is 19.5. The summed E-state index contributed by atoms with van der Waals surface area (Å²) in [6.45, 7) is 0.